The van der Waals surface area contributed by atoms with E-state index in [1.807, 2.05) is 45.9 Å². The third-order valence-electron chi connectivity index (χ3n) is 5.20. The van der Waals surface area contributed by atoms with Crippen LogP contribution in [0.15, 0.2) is 63.7 Å². The van der Waals surface area contributed by atoms with Gasteiger partial charge in [0.2, 0.25) is 5.91 Å². The number of hydrogen-bond donors (Lipinski definition) is 0. The number of carbonyl (C=O) groups excluding carboxylic acids is 1. The number of carbonyl (C=O) groups is 1. The molecule has 0 atom stereocenters. The quantitative estimate of drug-likeness (QED) is 0.372. The topological polar surface area (TPSA) is 64.2 Å². The van der Waals surface area contributed by atoms with E-state index in [9.17, 15) is 4.79 Å². The first-order valence-corrected chi connectivity index (χ1v) is 12.1. The molecule has 0 radical (unpaired) electrons. The minimum atomic E-state index is 0.113. The van der Waals surface area contributed by atoms with E-state index in [-0.39, 0.29) is 5.91 Å². The van der Waals surface area contributed by atoms with Gasteiger partial charge in [-0.25, -0.2) is 0 Å². The number of aromatic nitrogens is 3. The van der Waals surface area contributed by atoms with Crippen LogP contribution in [0.1, 0.15) is 16.2 Å². The van der Waals surface area contributed by atoms with E-state index < -0.39 is 0 Å². The molecule has 1 amide bonds. The highest BCUT2D eigenvalue weighted by Crippen LogP contribution is 2.28. The lowest BCUT2D eigenvalue weighted by Crippen LogP contribution is -2.36. The van der Waals surface area contributed by atoms with Gasteiger partial charge in [-0.1, -0.05) is 23.4 Å². The van der Waals surface area contributed by atoms with Gasteiger partial charge in [0, 0.05) is 28.6 Å². The van der Waals surface area contributed by atoms with E-state index in [0.29, 0.717) is 34.8 Å². The highest BCUT2D eigenvalue weighted by atomic mass is 35.5. The molecule has 1 aromatic carbocycles. The Morgan fingerprint density at radius 1 is 1.19 bits per heavy atom. The van der Waals surface area contributed by atoms with Gasteiger partial charge in [-0.3, -0.25) is 9.36 Å². The minimum Gasteiger partial charge on any atom is -0.467 e. The summed E-state index contributed by atoms with van der Waals surface area (Å²) >= 11 is 9.22. The molecule has 0 spiro atoms. The summed E-state index contributed by atoms with van der Waals surface area (Å²) in [7, 11) is 0. The summed E-state index contributed by atoms with van der Waals surface area (Å²) < 4.78 is 7.52. The molecule has 0 N–H and O–H groups in total. The molecule has 31 heavy (non-hydrogen) atoms. The Balaban J connectivity index is 1.35. The van der Waals surface area contributed by atoms with E-state index in [1.54, 1.807) is 17.6 Å². The first-order valence-electron chi connectivity index (χ1n) is 9.85. The summed E-state index contributed by atoms with van der Waals surface area (Å²) in [5.74, 6) is 1.94. The van der Waals surface area contributed by atoms with Crippen molar-refractivity contribution in [3.8, 4) is 11.4 Å². The van der Waals surface area contributed by atoms with Gasteiger partial charge in [0.1, 0.15) is 5.76 Å². The molecule has 0 aliphatic carbocycles. The van der Waals surface area contributed by atoms with Gasteiger partial charge in [-0.2, -0.15) is 0 Å². The zero-order chi connectivity index (χ0) is 21.2. The van der Waals surface area contributed by atoms with Crippen LogP contribution in [0.4, 0.5) is 0 Å². The molecule has 1 aliphatic heterocycles. The SMILES string of the molecule is O=C(CSc1nnc(-c2ccc(Cl)cc2)n1Cc1ccco1)N1CCc2sccc2C1. The lowest BCUT2D eigenvalue weighted by atomic mass is 10.1. The van der Waals surface area contributed by atoms with Gasteiger partial charge in [0.05, 0.1) is 18.6 Å². The number of furan rings is 1. The van der Waals surface area contributed by atoms with Crippen molar-refractivity contribution >= 4 is 40.6 Å². The number of nitrogens with zero attached hydrogens (tertiary/aromatic N) is 4. The fourth-order valence-corrected chi connectivity index (χ4v) is 5.44. The summed E-state index contributed by atoms with van der Waals surface area (Å²) in [4.78, 5) is 16.2. The third kappa shape index (κ3) is 4.42. The second kappa shape index (κ2) is 8.90. The lowest BCUT2D eigenvalue weighted by Gasteiger charge is -2.26. The van der Waals surface area contributed by atoms with Crippen LogP contribution in [0.25, 0.3) is 11.4 Å². The molecule has 158 valence electrons. The van der Waals surface area contributed by atoms with Crippen LogP contribution in [0.2, 0.25) is 5.02 Å². The van der Waals surface area contributed by atoms with Gasteiger partial charge in [0.15, 0.2) is 11.0 Å². The predicted octanol–water partition coefficient (Wildman–Crippen LogP) is 4.98. The van der Waals surface area contributed by atoms with Gasteiger partial charge in [-0.05, 0) is 59.8 Å². The summed E-state index contributed by atoms with van der Waals surface area (Å²) in [6, 6.07) is 13.4. The summed E-state index contributed by atoms with van der Waals surface area (Å²) in [5.41, 5.74) is 2.17. The Kier molecular flexibility index (Phi) is 5.85. The number of thiophene rings is 1. The van der Waals surface area contributed by atoms with Crippen LogP contribution in [-0.4, -0.2) is 37.9 Å². The second-order valence-corrected chi connectivity index (χ2v) is 9.58. The molecule has 1 aliphatic rings. The summed E-state index contributed by atoms with van der Waals surface area (Å²) in [5, 5.41) is 12.2. The molecule has 0 unspecified atom stereocenters. The van der Waals surface area contributed by atoms with Gasteiger partial charge in [0.25, 0.3) is 0 Å². The van der Waals surface area contributed by atoms with Crippen molar-refractivity contribution in [3.63, 3.8) is 0 Å². The lowest BCUT2D eigenvalue weighted by molar-refractivity contribution is -0.129. The van der Waals surface area contributed by atoms with Crippen LogP contribution >= 0.6 is 34.7 Å². The molecular weight excluding hydrogens is 452 g/mol. The van der Waals surface area contributed by atoms with Crippen molar-refractivity contribution in [1.82, 2.24) is 19.7 Å². The fourth-order valence-electron chi connectivity index (χ4n) is 3.59. The number of thioether (sulfide) groups is 1. The molecule has 4 heterocycles. The van der Waals surface area contributed by atoms with Crippen LogP contribution in [0.5, 0.6) is 0 Å². The van der Waals surface area contributed by atoms with Crippen molar-refractivity contribution in [2.75, 3.05) is 12.3 Å². The van der Waals surface area contributed by atoms with E-state index in [4.69, 9.17) is 16.0 Å². The molecular formula is C22H19ClN4O2S2. The monoisotopic (exact) mass is 470 g/mol. The second-order valence-electron chi connectivity index (χ2n) is 7.20. The number of fused-ring (bicyclic) bond motifs is 1. The van der Waals surface area contributed by atoms with Gasteiger partial charge < -0.3 is 9.32 Å². The van der Waals surface area contributed by atoms with Gasteiger partial charge in [-0.15, -0.1) is 21.5 Å². The fraction of sp³-hybridized carbons (Fsp3) is 0.227. The molecule has 3 aromatic heterocycles. The van der Waals surface area contributed by atoms with Crippen molar-refractivity contribution in [3.05, 3.63) is 75.3 Å². The first-order chi connectivity index (χ1) is 15.2. The maximum atomic E-state index is 12.9. The number of hydrogen-bond acceptors (Lipinski definition) is 6. The normalized spacial score (nSPS) is 13.4. The van der Waals surface area contributed by atoms with Crippen molar-refractivity contribution in [2.24, 2.45) is 0 Å². The average Bonchev–Trinajstić information content (AvgIpc) is 3.54. The highest BCUT2D eigenvalue weighted by molar-refractivity contribution is 7.99. The Hall–Kier alpha value is -2.55. The van der Waals surface area contributed by atoms with Crippen molar-refractivity contribution < 1.29 is 9.21 Å². The number of amides is 1. The van der Waals surface area contributed by atoms with Crippen molar-refractivity contribution in [1.29, 1.82) is 0 Å². The Labute approximate surface area is 192 Å². The Bertz CT molecular complexity index is 1180. The molecule has 0 fully saturated rings. The average molecular weight is 471 g/mol. The molecule has 0 saturated carbocycles. The molecule has 0 bridgehead atoms. The van der Waals surface area contributed by atoms with Crippen molar-refractivity contribution in [2.45, 2.75) is 24.7 Å². The van der Waals surface area contributed by atoms with Crippen LogP contribution in [0, 0.1) is 0 Å². The predicted molar refractivity (Wildman–Crippen MR) is 122 cm³/mol. The van der Waals surface area contributed by atoms with E-state index in [2.05, 4.69) is 21.6 Å². The number of rotatable bonds is 6. The maximum Gasteiger partial charge on any atom is 0.233 e. The summed E-state index contributed by atoms with van der Waals surface area (Å²) in [6.07, 6.45) is 2.58. The van der Waals surface area contributed by atoms with Gasteiger partial charge >= 0.3 is 0 Å². The Morgan fingerprint density at radius 3 is 2.87 bits per heavy atom. The third-order valence-corrected chi connectivity index (χ3v) is 7.42. The smallest absolute Gasteiger partial charge is 0.233 e. The number of halogens is 1. The summed E-state index contributed by atoms with van der Waals surface area (Å²) in [6.45, 7) is 1.94. The molecule has 0 saturated heterocycles. The van der Waals surface area contributed by atoms with Crippen LogP contribution < -0.4 is 0 Å². The first kappa shape index (κ1) is 20.4. The molecule has 9 heteroatoms. The standard InChI is InChI=1S/C22H19ClN4O2S2/c23-17-5-3-15(4-6-17)21-24-25-22(27(21)13-18-2-1-10-29-18)31-14-20(28)26-9-7-19-16(12-26)8-11-30-19/h1-6,8,10-11H,7,9,12-14H2. The molecule has 4 aromatic rings. The number of benzene rings is 1. The molecule has 5 rings (SSSR count). The minimum absolute atomic E-state index is 0.113. The van der Waals surface area contributed by atoms with E-state index in [0.717, 1.165) is 24.3 Å². The van der Waals surface area contributed by atoms with E-state index >= 15 is 0 Å². The Morgan fingerprint density at radius 2 is 2.06 bits per heavy atom. The van der Waals surface area contributed by atoms with Crippen LogP contribution in [0.3, 0.4) is 0 Å². The zero-order valence-electron chi connectivity index (χ0n) is 16.5. The maximum absolute atomic E-state index is 12.9. The zero-order valence-corrected chi connectivity index (χ0v) is 18.9. The van der Waals surface area contributed by atoms with Crippen LogP contribution in [-0.2, 0) is 24.3 Å². The molecule has 6 nitrogen and oxygen atoms in total. The highest BCUT2D eigenvalue weighted by Gasteiger charge is 2.23. The van der Waals surface area contributed by atoms with E-state index in [1.165, 1.54) is 22.2 Å². The largest absolute Gasteiger partial charge is 0.467 e.